The van der Waals surface area contributed by atoms with Gasteiger partial charge in [-0.1, -0.05) is 19.0 Å². The van der Waals surface area contributed by atoms with Crippen molar-refractivity contribution < 1.29 is 14.1 Å². The van der Waals surface area contributed by atoms with Crippen LogP contribution in [0.5, 0.6) is 0 Å². The topological polar surface area (TPSA) is 78.7 Å². The number of likely N-dealkylation sites (tertiary alicyclic amines) is 1. The predicted octanol–water partition coefficient (Wildman–Crippen LogP) is 0.903. The summed E-state index contributed by atoms with van der Waals surface area (Å²) in [7, 11) is 0. The van der Waals surface area contributed by atoms with Crippen molar-refractivity contribution in [3.05, 3.63) is 17.5 Å². The van der Waals surface area contributed by atoms with E-state index in [4.69, 9.17) is 4.52 Å². The molecule has 7 heteroatoms. The van der Waals surface area contributed by atoms with Crippen LogP contribution in [0.25, 0.3) is 0 Å². The van der Waals surface area contributed by atoms with Gasteiger partial charge in [-0.15, -0.1) is 0 Å². The lowest BCUT2D eigenvalue weighted by Crippen LogP contribution is -2.55. The summed E-state index contributed by atoms with van der Waals surface area (Å²) < 4.78 is 4.90. The molecular formula is C16H26N4O3. The number of rotatable bonds is 8. The summed E-state index contributed by atoms with van der Waals surface area (Å²) >= 11 is 0. The molecule has 1 aromatic heterocycles. The van der Waals surface area contributed by atoms with E-state index >= 15 is 0 Å². The molecule has 1 aromatic rings. The van der Waals surface area contributed by atoms with Crippen molar-refractivity contribution in [2.45, 2.75) is 27.2 Å². The lowest BCUT2D eigenvalue weighted by molar-refractivity contribution is -0.129. The summed E-state index contributed by atoms with van der Waals surface area (Å²) in [6.45, 7) is 10.7. The minimum atomic E-state index is -0.174. The van der Waals surface area contributed by atoms with Crippen molar-refractivity contribution in [3.8, 4) is 0 Å². The normalized spacial score (nSPS) is 14.9. The highest BCUT2D eigenvalue weighted by Crippen LogP contribution is 2.18. The largest absolute Gasteiger partial charge is 0.361 e. The molecule has 0 aromatic carbocycles. The Labute approximate surface area is 137 Å². The molecule has 0 atom stereocenters. The minimum absolute atomic E-state index is 0.0323. The van der Waals surface area contributed by atoms with E-state index in [-0.39, 0.29) is 17.7 Å². The van der Waals surface area contributed by atoms with Gasteiger partial charge in [0.1, 0.15) is 5.76 Å². The molecule has 0 bridgehead atoms. The van der Waals surface area contributed by atoms with Crippen LogP contribution in [0.15, 0.2) is 10.6 Å². The Kier molecular flexibility index (Phi) is 6.15. The third-order valence-corrected chi connectivity index (χ3v) is 4.23. The standard InChI is InChI=1S/C16H26N4O3/c1-4-19(5-2)8-6-7-17-15(21)13-10-20(11-13)16(22)14-9-12(3)23-18-14/h9,13H,4-8,10-11H2,1-3H3,(H,17,21). The molecule has 0 saturated carbocycles. The van der Waals surface area contributed by atoms with Crippen LogP contribution in [-0.2, 0) is 4.79 Å². The highest BCUT2D eigenvalue weighted by molar-refractivity contribution is 5.94. The fourth-order valence-electron chi connectivity index (χ4n) is 2.64. The van der Waals surface area contributed by atoms with Gasteiger partial charge in [0.05, 0.1) is 5.92 Å². The molecule has 0 unspecified atom stereocenters. The first kappa shape index (κ1) is 17.5. The zero-order valence-corrected chi connectivity index (χ0v) is 14.2. The molecule has 0 spiro atoms. The van der Waals surface area contributed by atoms with Gasteiger partial charge < -0.3 is 19.6 Å². The summed E-state index contributed by atoms with van der Waals surface area (Å²) in [4.78, 5) is 28.0. The van der Waals surface area contributed by atoms with Crippen molar-refractivity contribution in [1.82, 2.24) is 20.3 Å². The molecule has 0 aliphatic carbocycles. The van der Waals surface area contributed by atoms with Crippen molar-refractivity contribution in [2.24, 2.45) is 5.92 Å². The van der Waals surface area contributed by atoms with Gasteiger partial charge in [-0.2, -0.15) is 0 Å². The second kappa shape index (κ2) is 8.10. The molecule has 1 aliphatic rings. The number of hydrogen-bond acceptors (Lipinski definition) is 5. The lowest BCUT2D eigenvalue weighted by atomic mass is 9.98. The summed E-state index contributed by atoms with van der Waals surface area (Å²) in [5, 5.41) is 6.66. The van der Waals surface area contributed by atoms with Crippen LogP contribution in [0.3, 0.4) is 0 Å². The Morgan fingerprint density at radius 1 is 1.39 bits per heavy atom. The Hall–Kier alpha value is -1.89. The molecule has 1 aliphatic heterocycles. The van der Waals surface area contributed by atoms with E-state index < -0.39 is 0 Å². The molecule has 1 N–H and O–H groups in total. The van der Waals surface area contributed by atoms with Crippen LogP contribution in [-0.4, -0.2) is 66.0 Å². The van der Waals surface area contributed by atoms with Crippen LogP contribution in [0.4, 0.5) is 0 Å². The van der Waals surface area contributed by atoms with E-state index in [1.807, 2.05) is 0 Å². The van der Waals surface area contributed by atoms with Crippen molar-refractivity contribution in [2.75, 3.05) is 39.3 Å². The van der Waals surface area contributed by atoms with Gasteiger partial charge in [0.15, 0.2) is 5.69 Å². The molecule has 0 radical (unpaired) electrons. The Morgan fingerprint density at radius 2 is 2.09 bits per heavy atom. The van der Waals surface area contributed by atoms with Gasteiger partial charge in [0.2, 0.25) is 5.91 Å². The van der Waals surface area contributed by atoms with E-state index in [2.05, 4.69) is 29.2 Å². The molecule has 2 amide bonds. The summed E-state index contributed by atoms with van der Waals surface area (Å²) in [5.74, 6) is 0.356. The van der Waals surface area contributed by atoms with Crippen LogP contribution < -0.4 is 5.32 Å². The lowest BCUT2D eigenvalue weighted by Gasteiger charge is -2.37. The quantitative estimate of drug-likeness (QED) is 0.720. The van der Waals surface area contributed by atoms with Crippen LogP contribution in [0, 0.1) is 12.8 Å². The summed E-state index contributed by atoms with van der Waals surface area (Å²) in [6.07, 6.45) is 0.945. The minimum Gasteiger partial charge on any atom is -0.361 e. The average molecular weight is 322 g/mol. The highest BCUT2D eigenvalue weighted by atomic mass is 16.5. The first-order chi connectivity index (χ1) is 11.0. The number of nitrogens with zero attached hydrogens (tertiary/aromatic N) is 3. The maximum Gasteiger partial charge on any atom is 0.276 e. The fourth-order valence-corrected chi connectivity index (χ4v) is 2.64. The fraction of sp³-hybridized carbons (Fsp3) is 0.688. The van der Waals surface area contributed by atoms with Gasteiger partial charge >= 0.3 is 0 Å². The van der Waals surface area contributed by atoms with E-state index in [0.717, 1.165) is 26.1 Å². The molecular weight excluding hydrogens is 296 g/mol. The number of carbonyl (C=O) groups excluding carboxylic acids is 2. The first-order valence-electron chi connectivity index (χ1n) is 8.27. The van der Waals surface area contributed by atoms with Gasteiger partial charge in [0.25, 0.3) is 5.91 Å². The summed E-state index contributed by atoms with van der Waals surface area (Å²) in [6, 6.07) is 1.61. The molecule has 2 rings (SSSR count). The van der Waals surface area contributed by atoms with Crippen molar-refractivity contribution in [1.29, 1.82) is 0 Å². The van der Waals surface area contributed by atoms with Crippen LogP contribution >= 0.6 is 0 Å². The Bertz CT molecular complexity index is 533. The van der Waals surface area contributed by atoms with Gasteiger partial charge in [0, 0.05) is 25.7 Å². The van der Waals surface area contributed by atoms with Gasteiger partial charge in [-0.05, 0) is 33.0 Å². The summed E-state index contributed by atoms with van der Waals surface area (Å²) in [5.41, 5.74) is 0.306. The Balaban J connectivity index is 1.64. The predicted molar refractivity (Wildman–Crippen MR) is 86.0 cm³/mol. The second-order valence-electron chi connectivity index (χ2n) is 5.90. The maximum absolute atomic E-state index is 12.1. The number of nitrogens with one attached hydrogen (secondary N) is 1. The molecule has 128 valence electrons. The molecule has 23 heavy (non-hydrogen) atoms. The number of amides is 2. The Morgan fingerprint density at radius 3 is 2.65 bits per heavy atom. The van der Waals surface area contributed by atoms with E-state index in [1.54, 1.807) is 17.9 Å². The number of hydrogen-bond donors (Lipinski definition) is 1. The zero-order valence-electron chi connectivity index (χ0n) is 14.2. The van der Waals surface area contributed by atoms with E-state index in [1.165, 1.54) is 0 Å². The first-order valence-corrected chi connectivity index (χ1v) is 8.27. The SMILES string of the molecule is CCN(CC)CCCNC(=O)C1CN(C(=O)c2cc(C)on2)C1. The molecule has 1 fully saturated rings. The maximum atomic E-state index is 12.1. The van der Waals surface area contributed by atoms with E-state index in [9.17, 15) is 9.59 Å². The third-order valence-electron chi connectivity index (χ3n) is 4.23. The van der Waals surface area contributed by atoms with Gasteiger partial charge in [-0.25, -0.2) is 0 Å². The molecule has 7 nitrogen and oxygen atoms in total. The van der Waals surface area contributed by atoms with E-state index in [0.29, 0.717) is 31.1 Å². The van der Waals surface area contributed by atoms with Crippen LogP contribution in [0.2, 0.25) is 0 Å². The number of aryl methyl sites for hydroxylation is 1. The smallest absolute Gasteiger partial charge is 0.276 e. The molecule has 2 heterocycles. The third kappa shape index (κ3) is 4.54. The monoisotopic (exact) mass is 322 g/mol. The van der Waals surface area contributed by atoms with Crippen LogP contribution in [0.1, 0.15) is 36.5 Å². The highest BCUT2D eigenvalue weighted by Gasteiger charge is 2.36. The number of aromatic nitrogens is 1. The average Bonchev–Trinajstić information content (AvgIpc) is 2.92. The van der Waals surface area contributed by atoms with Crippen molar-refractivity contribution >= 4 is 11.8 Å². The second-order valence-corrected chi connectivity index (χ2v) is 5.90. The molecule has 1 saturated heterocycles. The number of carbonyl (C=O) groups is 2. The zero-order chi connectivity index (χ0) is 16.8. The van der Waals surface area contributed by atoms with Gasteiger partial charge in [-0.3, -0.25) is 9.59 Å². The van der Waals surface area contributed by atoms with Crippen molar-refractivity contribution in [3.63, 3.8) is 0 Å².